The molecular formula is C26H39F2N3O5. The van der Waals surface area contributed by atoms with Crippen LogP contribution >= 0.6 is 0 Å². The molecule has 1 unspecified atom stereocenters. The van der Waals surface area contributed by atoms with Crippen LogP contribution in [0, 0.1) is 17.6 Å². The zero-order chi connectivity index (χ0) is 26.1. The van der Waals surface area contributed by atoms with E-state index in [0.29, 0.717) is 51.3 Å². The van der Waals surface area contributed by atoms with E-state index in [0.717, 1.165) is 18.9 Å². The molecule has 0 radical (unpaired) electrons. The van der Waals surface area contributed by atoms with Crippen molar-refractivity contribution in [3.05, 3.63) is 35.4 Å². The van der Waals surface area contributed by atoms with Gasteiger partial charge in [0.15, 0.2) is 0 Å². The highest BCUT2D eigenvalue weighted by Gasteiger charge is 2.38. The summed E-state index contributed by atoms with van der Waals surface area (Å²) >= 11 is 0. The Hall–Kier alpha value is -2.14. The van der Waals surface area contributed by atoms with Crippen LogP contribution in [0.15, 0.2) is 18.2 Å². The number of nitrogens with zero attached hydrogens (tertiary/aromatic N) is 1. The first-order valence-corrected chi connectivity index (χ1v) is 12.9. The quantitative estimate of drug-likeness (QED) is 0.330. The maximum absolute atomic E-state index is 13.8. The second-order valence-corrected chi connectivity index (χ2v) is 9.77. The van der Waals surface area contributed by atoms with Crippen molar-refractivity contribution in [3.8, 4) is 0 Å². The lowest BCUT2D eigenvalue weighted by Gasteiger charge is -2.29. The fraction of sp³-hybridized carbons (Fsp3) is 0.692. The fourth-order valence-electron chi connectivity index (χ4n) is 4.90. The third-order valence-corrected chi connectivity index (χ3v) is 6.87. The van der Waals surface area contributed by atoms with Gasteiger partial charge in [0.05, 0.1) is 24.2 Å². The van der Waals surface area contributed by atoms with Gasteiger partial charge in [0, 0.05) is 58.5 Å². The average Bonchev–Trinajstić information content (AvgIpc) is 3.45. The molecule has 5 atom stereocenters. The van der Waals surface area contributed by atoms with E-state index < -0.39 is 29.7 Å². The van der Waals surface area contributed by atoms with Gasteiger partial charge < -0.3 is 30.1 Å². The molecule has 3 N–H and O–H groups in total. The van der Waals surface area contributed by atoms with Crippen molar-refractivity contribution in [3.63, 3.8) is 0 Å². The number of likely N-dealkylation sites (tertiary alicyclic amines) is 1. The number of amides is 2. The molecule has 10 heteroatoms. The van der Waals surface area contributed by atoms with Crippen molar-refractivity contribution in [1.29, 1.82) is 0 Å². The van der Waals surface area contributed by atoms with Gasteiger partial charge >= 0.3 is 0 Å². The highest BCUT2D eigenvalue weighted by Crippen LogP contribution is 2.22. The lowest BCUT2D eigenvalue weighted by molar-refractivity contribution is -0.129. The predicted molar refractivity (Wildman–Crippen MR) is 130 cm³/mol. The molecule has 1 aromatic carbocycles. The van der Waals surface area contributed by atoms with Gasteiger partial charge in [-0.25, -0.2) is 8.78 Å². The summed E-state index contributed by atoms with van der Waals surface area (Å²) in [6.07, 6.45) is 2.28. The largest absolute Gasteiger partial charge is 0.389 e. The molecule has 36 heavy (non-hydrogen) atoms. The van der Waals surface area contributed by atoms with Gasteiger partial charge in [-0.1, -0.05) is 13.3 Å². The second kappa shape index (κ2) is 14.0. The number of benzene rings is 1. The molecule has 0 saturated carbocycles. The Balaban J connectivity index is 1.66. The van der Waals surface area contributed by atoms with Gasteiger partial charge in [-0.2, -0.15) is 0 Å². The molecule has 0 aromatic heterocycles. The Labute approximate surface area is 211 Å². The fourth-order valence-corrected chi connectivity index (χ4v) is 4.90. The molecule has 2 aliphatic heterocycles. The van der Waals surface area contributed by atoms with Crippen molar-refractivity contribution >= 4 is 11.8 Å². The van der Waals surface area contributed by atoms with Crippen molar-refractivity contribution < 1.29 is 33.0 Å². The van der Waals surface area contributed by atoms with E-state index in [4.69, 9.17) is 9.47 Å². The Morgan fingerprint density at radius 1 is 1.25 bits per heavy atom. The van der Waals surface area contributed by atoms with Crippen molar-refractivity contribution in [2.24, 2.45) is 5.92 Å². The average molecular weight is 512 g/mol. The molecule has 2 amide bonds. The number of ether oxygens (including phenoxy) is 2. The predicted octanol–water partition coefficient (Wildman–Crippen LogP) is 1.79. The summed E-state index contributed by atoms with van der Waals surface area (Å²) in [5.74, 6) is -2.45. The standard InChI is InChI=1S/C26H39F2N3O5/c1-3-4-8-36-21-14-22(29-15-21)25(33)23(11-17-9-19(27)13-20(28)10-17)30-26(34)18-12-24(32)31(16-18)6-5-7-35-2/h9-10,13,18,21-23,25,29,33H,3-8,11-12,14-16H2,1-2H3,(H,30,34)/t18?,21-,22-,23+,25-/m1/s1. The van der Waals surface area contributed by atoms with Crippen LogP contribution in [0.25, 0.3) is 0 Å². The lowest BCUT2D eigenvalue weighted by atomic mass is 9.94. The number of nitrogens with one attached hydrogen (secondary N) is 2. The third kappa shape index (κ3) is 8.19. The van der Waals surface area contributed by atoms with Crippen molar-refractivity contribution in [2.45, 2.75) is 69.7 Å². The normalized spacial score (nSPS) is 23.8. The van der Waals surface area contributed by atoms with Crippen molar-refractivity contribution in [2.75, 3.05) is 40.0 Å². The van der Waals surface area contributed by atoms with E-state index in [2.05, 4.69) is 17.6 Å². The van der Waals surface area contributed by atoms with Crippen LogP contribution in [0.5, 0.6) is 0 Å². The number of methoxy groups -OCH3 is 1. The van der Waals surface area contributed by atoms with Gasteiger partial charge in [0.25, 0.3) is 0 Å². The van der Waals surface area contributed by atoms with E-state index >= 15 is 0 Å². The minimum Gasteiger partial charge on any atom is -0.389 e. The Bertz CT molecular complexity index is 854. The maximum atomic E-state index is 13.8. The molecular weight excluding hydrogens is 472 g/mol. The number of carbonyl (C=O) groups excluding carboxylic acids is 2. The summed E-state index contributed by atoms with van der Waals surface area (Å²) in [4.78, 5) is 27.2. The molecule has 202 valence electrons. The highest BCUT2D eigenvalue weighted by molar-refractivity contribution is 5.89. The van der Waals surface area contributed by atoms with Crippen LogP contribution in [0.4, 0.5) is 8.78 Å². The SMILES string of the molecule is CCCCO[C@H]1CN[C@@H]([C@@H](O)[C@H](Cc2cc(F)cc(F)c2)NC(=O)C2CC(=O)N(CCCOC)C2)C1. The topological polar surface area (TPSA) is 100 Å². The van der Waals surface area contributed by atoms with Gasteiger partial charge in [0.1, 0.15) is 11.6 Å². The molecule has 2 heterocycles. The first kappa shape index (κ1) is 28.4. The summed E-state index contributed by atoms with van der Waals surface area (Å²) in [5, 5.41) is 17.4. The van der Waals surface area contributed by atoms with Crippen LogP contribution in [-0.4, -0.2) is 86.1 Å². The summed E-state index contributed by atoms with van der Waals surface area (Å²) in [6, 6.07) is 2.03. The Kier molecular flexibility index (Phi) is 11.0. The summed E-state index contributed by atoms with van der Waals surface area (Å²) in [6.45, 7) is 4.63. The van der Waals surface area contributed by atoms with Gasteiger partial charge in [-0.15, -0.1) is 0 Å². The molecule has 8 nitrogen and oxygen atoms in total. The summed E-state index contributed by atoms with van der Waals surface area (Å²) < 4.78 is 38.6. The van der Waals surface area contributed by atoms with E-state index in [9.17, 15) is 23.5 Å². The van der Waals surface area contributed by atoms with Crippen LogP contribution < -0.4 is 10.6 Å². The third-order valence-electron chi connectivity index (χ3n) is 6.87. The molecule has 2 saturated heterocycles. The number of rotatable bonds is 14. The number of aliphatic hydroxyl groups excluding tert-OH is 1. The molecule has 1 aromatic rings. The molecule has 0 aliphatic carbocycles. The van der Waals surface area contributed by atoms with Crippen LogP contribution in [-0.2, 0) is 25.5 Å². The lowest BCUT2D eigenvalue weighted by Crippen LogP contribution is -2.53. The van der Waals surface area contributed by atoms with Crippen LogP contribution in [0.1, 0.15) is 44.6 Å². The molecule has 0 spiro atoms. The van der Waals surface area contributed by atoms with E-state index in [1.807, 2.05) is 0 Å². The Morgan fingerprint density at radius 2 is 2.00 bits per heavy atom. The number of unbranched alkanes of at least 4 members (excludes halogenated alkanes) is 1. The zero-order valence-corrected chi connectivity index (χ0v) is 21.2. The van der Waals surface area contributed by atoms with E-state index in [1.54, 1.807) is 12.0 Å². The maximum Gasteiger partial charge on any atom is 0.225 e. The number of halogens is 2. The first-order chi connectivity index (χ1) is 17.3. The van der Waals surface area contributed by atoms with Gasteiger partial charge in [0.2, 0.25) is 11.8 Å². The summed E-state index contributed by atoms with van der Waals surface area (Å²) in [7, 11) is 1.59. The highest BCUT2D eigenvalue weighted by atomic mass is 19.1. The van der Waals surface area contributed by atoms with Crippen LogP contribution in [0.2, 0.25) is 0 Å². The van der Waals surface area contributed by atoms with Gasteiger partial charge in [-0.3, -0.25) is 9.59 Å². The molecule has 3 rings (SSSR count). The monoisotopic (exact) mass is 511 g/mol. The number of hydrogen-bond donors (Lipinski definition) is 3. The first-order valence-electron chi connectivity index (χ1n) is 12.9. The molecule has 0 bridgehead atoms. The van der Waals surface area contributed by atoms with Crippen LogP contribution in [0.3, 0.4) is 0 Å². The number of aliphatic hydroxyl groups is 1. The minimum atomic E-state index is -1.02. The number of hydrogen-bond acceptors (Lipinski definition) is 6. The molecule has 2 aliphatic rings. The van der Waals surface area contributed by atoms with E-state index in [-0.39, 0.29) is 36.8 Å². The smallest absolute Gasteiger partial charge is 0.225 e. The Morgan fingerprint density at radius 3 is 2.69 bits per heavy atom. The summed E-state index contributed by atoms with van der Waals surface area (Å²) in [5.41, 5.74) is 0.328. The van der Waals surface area contributed by atoms with Crippen molar-refractivity contribution in [1.82, 2.24) is 15.5 Å². The van der Waals surface area contributed by atoms with Gasteiger partial charge in [-0.05, 0) is 43.4 Å². The van der Waals surface area contributed by atoms with E-state index in [1.165, 1.54) is 12.1 Å². The minimum absolute atomic E-state index is 0.0410. The number of carbonyl (C=O) groups is 2. The second-order valence-electron chi connectivity index (χ2n) is 9.77. The zero-order valence-electron chi connectivity index (χ0n) is 21.2. The molecule has 2 fully saturated rings.